The molecule has 2 aromatic heterocycles. The van der Waals surface area contributed by atoms with Crippen molar-refractivity contribution in [3.05, 3.63) is 17.8 Å². The van der Waals surface area contributed by atoms with Gasteiger partial charge in [-0.2, -0.15) is 5.10 Å². The van der Waals surface area contributed by atoms with Crippen LogP contribution >= 0.6 is 11.3 Å². The van der Waals surface area contributed by atoms with Crippen LogP contribution in [0.5, 0.6) is 0 Å². The fourth-order valence-electron chi connectivity index (χ4n) is 2.67. The maximum absolute atomic E-state index is 12.6. The van der Waals surface area contributed by atoms with Crippen molar-refractivity contribution in [2.45, 2.75) is 25.9 Å². The molecule has 1 aliphatic rings. The van der Waals surface area contributed by atoms with E-state index in [-0.39, 0.29) is 12.1 Å². The van der Waals surface area contributed by atoms with Gasteiger partial charge in [0.1, 0.15) is 10.7 Å². The van der Waals surface area contributed by atoms with Gasteiger partial charge in [-0.25, -0.2) is 9.78 Å². The molecule has 0 bridgehead atoms. The van der Waals surface area contributed by atoms with Crippen LogP contribution in [0.15, 0.2) is 17.8 Å². The van der Waals surface area contributed by atoms with Gasteiger partial charge in [0.15, 0.2) is 0 Å². The van der Waals surface area contributed by atoms with E-state index < -0.39 is 0 Å². The molecule has 2 aromatic rings. The lowest BCUT2D eigenvalue weighted by Crippen LogP contribution is -2.58. The van der Waals surface area contributed by atoms with Crippen molar-refractivity contribution >= 4 is 23.1 Å². The third-order valence-electron chi connectivity index (χ3n) is 4.37. The molecular weight excluding hydrogens is 300 g/mol. The molecule has 0 saturated carbocycles. The number of hydrogen-bond donors (Lipinski definition) is 2. The first-order valence-electron chi connectivity index (χ1n) is 7.29. The van der Waals surface area contributed by atoms with Crippen molar-refractivity contribution in [2.75, 3.05) is 25.5 Å². The van der Waals surface area contributed by atoms with Crippen molar-refractivity contribution in [2.24, 2.45) is 0 Å². The maximum Gasteiger partial charge on any atom is 0.322 e. The van der Waals surface area contributed by atoms with Crippen LogP contribution in [0.1, 0.15) is 13.8 Å². The summed E-state index contributed by atoms with van der Waals surface area (Å²) in [6.45, 7) is 5.82. The summed E-state index contributed by atoms with van der Waals surface area (Å²) >= 11 is 1.50. The minimum absolute atomic E-state index is 0.0911. The molecule has 1 fully saturated rings. The van der Waals surface area contributed by atoms with E-state index in [1.807, 2.05) is 10.3 Å². The lowest BCUT2D eigenvalue weighted by molar-refractivity contribution is 0.0796. The average molecular weight is 320 g/mol. The lowest BCUT2D eigenvalue weighted by Gasteiger charge is -2.43. The number of amides is 2. The normalized spacial score (nSPS) is 22.8. The predicted molar refractivity (Wildman–Crippen MR) is 87.0 cm³/mol. The molecule has 3 heterocycles. The Bertz CT molecular complexity index is 640. The van der Waals surface area contributed by atoms with Crippen molar-refractivity contribution in [1.82, 2.24) is 25.0 Å². The van der Waals surface area contributed by atoms with Crippen molar-refractivity contribution in [3.8, 4) is 10.7 Å². The number of nitrogens with zero attached hydrogens (tertiary/aromatic N) is 4. The number of rotatable bonds is 2. The first-order valence-corrected chi connectivity index (χ1v) is 8.17. The smallest absolute Gasteiger partial charge is 0.319 e. The number of urea groups is 1. The summed E-state index contributed by atoms with van der Waals surface area (Å²) in [6, 6.07) is 0.405. The average Bonchev–Trinajstić information content (AvgIpc) is 3.15. The highest BCUT2D eigenvalue weighted by Gasteiger charge is 2.31. The molecular formula is C14H20N6OS. The second-order valence-corrected chi connectivity index (χ2v) is 6.48. The van der Waals surface area contributed by atoms with E-state index in [1.54, 1.807) is 12.4 Å². The molecule has 1 saturated heterocycles. The zero-order valence-electron chi connectivity index (χ0n) is 12.9. The zero-order valence-corrected chi connectivity index (χ0v) is 13.7. The van der Waals surface area contributed by atoms with E-state index in [0.29, 0.717) is 11.7 Å². The van der Waals surface area contributed by atoms with Gasteiger partial charge < -0.3 is 10.2 Å². The van der Waals surface area contributed by atoms with Gasteiger partial charge in [-0.1, -0.05) is 0 Å². The minimum Gasteiger partial charge on any atom is -0.319 e. The van der Waals surface area contributed by atoms with Gasteiger partial charge in [0.25, 0.3) is 0 Å². The fourth-order valence-corrected chi connectivity index (χ4v) is 3.31. The molecule has 2 unspecified atom stereocenters. The molecule has 2 atom stereocenters. The zero-order chi connectivity index (χ0) is 15.7. The van der Waals surface area contributed by atoms with E-state index >= 15 is 0 Å². The monoisotopic (exact) mass is 320 g/mol. The van der Waals surface area contributed by atoms with Gasteiger partial charge in [-0.05, 0) is 20.9 Å². The molecule has 118 valence electrons. The van der Waals surface area contributed by atoms with E-state index in [0.717, 1.165) is 23.8 Å². The summed E-state index contributed by atoms with van der Waals surface area (Å²) in [6.07, 6.45) is 3.36. The molecule has 0 aliphatic carbocycles. The molecule has 3 rings (SSSR count). The number of hydrogen-bond acceptors (Lipinski definition) is 5. The predicted octanol–water partition coefficient (Wildman–Crippen LogP) is 2.09. The number of aromatic amines is 1. The Hall–Kier alpha value is -1.93. The van der Waals surface area contributed by atoms with Crippen LogP contribution in [0.4, 0.5) is 10.5 Å². The molecule has 7 nitrogen and oxygen atoms in total. The molecule has 2 N–H and O–H groups in total. The summed E-state index contributed by atoms with van der Waals surface area (Å²) in [7, 11) is 2.09. The van der Waals surface area contributed by atoms with E-state index in [1.165, 1.54) is 11.3 Å². The molecule has 22 heavy (non-hydrogen) atoms. The number of carbonyl (C=O) groups excluding carboxylic acids is 1. The van der Waals surface area contributed by atoms with Gasteiger partial charge in [-0.15, -0.1) is 11.3 Å². The number of piperazine rings is 1. The van der Waals surface area contributed by atoms with E-state index in [9.17, 15) is 4.79 Å². The highest BCUT2D eigenvalue weighted by Crippen LogP contribution is 2.27. The quantitative estimate of drug-likeness (QED) is 0.888. The van der Waals surface area contributed by atoms with Crippen LogP contribution in [0.2, 0.25) is 0 Å². The van der Waals surface area contributed by atoms with Crippen LogP contribution in [0.25, 0.3) is 10.7 Å². The van der Waals surface area contributed by atoms with Crippen LogP contribution in [0, 0.1) is 0 Å². The Labute approximate surface area is 133 Å². The number of carbonyl (C=O) groups is 1. The van der Waals surface area contributed by atoms with Crippen molar-refractivity contribution in [3.63, 3.8) is 0 Å². The Morgan fingerprint density at radius 2 is 2.23 bits per heavy atom. The molecule has 0 aromatic carbocycles. The summed E-state index contributed by atoms with van der Waals surface area (Å²) in [5.41, 5.74) is 1.41. The van der Waals surface area contributed by atoms with Crippen LogP contribution in [0.3, 0.4) is 0 Å². The second kappa shape index (κ2) is 6.05. The number of nitrogens with one attached hydrogen (secondary N) is 2. The Morgan fingerprint density at radius 1 is 1.41 bits per heavy atom. The van der Waals surface area contributed by atoms with Crippen molar-refractivity contribution < 1.29 is 4.79 Å². The second-order valence-electron chi connectivity index (χ2n) is 5.58. The molecule has 8 heteroatoms. The Balaban J connectivity index is 1.74. The van der Waals surface area contributed by atoms with Gasteiger partial charge in [0.2, 0.25) is 0 Å². The minimum atomic E-state index is -0.0911. The SMILES string of the molecule is CC1C(C)N(C(=O)Nc2cn[nH]c2-c2nccs2)CCN1C. The number of thiazole rings is 1. The van der Waals surface area contributed by atoms with Crippen LogP contribution in [-0.4, -0.2) is 63.2 Å². The Kier molecular flexibility index (Phi) is 4.12. The molecule has 0 radical (unpaired) electrons. The standard InChI is InChI=1S/C14H20N6OS/c1-9-10(2)20(6-5-19(9)3)14(21)17-11-8-16-18-12(11)13-15-4-7-22-13/h4,7-10H,5-6H2,1-3H3,(H,16,18)(H,17,21). The van der Waals surface area contributed by atoms with Crippen molar-refractivity contribution in [1.29, 1.82) is 0 Å². The highest BCUT2D eigenvalue weighted by atomic mass is 32.1. The van der Waals surface area contributed by atoms with Gasteiger partial charge in [0, 0.05) is 36.8 Å². The van der Waals surface area contributed by atoms with Crippen LogP contribution < -0.4 is 5.32 Å². The first kappa shape index (κ1) is 15.0. The summed E-state index contributed by atoms with van der Waals surface area (Å²) in [5.74, 6) is 0. The topological polar surface area (TPSA) is 77.1 Å². The summed E-state index contributed by atoms with van der Waals surface area (Å²) in [5, 5.41) is 12.6. The number of anilines is 1. The highest BCUT2D eigenvalue weighted by molar-refractivity contribution is 7.13. The fraction of sp³-hybridized carbons (Fsp3) is 0.500. The maximum atomic E-state index is 12.6. The summed E-state index contributed by atoms with van der Waals surface area (Å²) in [4.78, 5) is 21.0. The third-order valence-corrected chi connectivity index (χ3v) is 5.16. The van der Waals surface area contributed by atoms with Gasteiger partial charge in [-0.3, -0.25) is 10.00 Å². The lowest BCUT2D eigenvalue weighted by atomic mass is 10.1. The Morgan fingerprint density at radius 3 is 2.95 bits per heavy atom. The largest absolute Gasteiger partial charge is 0.322 e. The van der Waals surface area contributed by atoms with E-state index in [2.05, 4.69) is 46.3 Å². The summed E-state index contributed by atoms with van der Waals surface area (Å²) < 4.78 is 0. The van der Waals surface area contributed by atoms with Crippen LogP contribution in [-0.2, 0) is 0 Å². The number of H-pyrrole nitrogens is 1. The third kappa shape index (κ3) is 2.71. The van der Waals surface area contributed by atoms with Gasteiger partial charge >= 0.3 is 6.03 Å². The number of aromatic nitrogens is 3. The molecule has 0 spiro atoms. The van der Waals surface area contributed by atoms with Gasteiger partial charge in [0.05, 0.1) is 11.9 Å². The molecule has 2 amide bonds. The molecule has 1 aliphatic heterocycles. The van der Waals surface area contributed by atoms with E-state index in [4.69, 9.17) is 0 Å². The number of likely N-dealkylation sites (N-methyl/N-ethyl adjacent to an activating group) is 1. The first-order chi connectivity index (χ1) is 10.6.